The Labute approximate surface area is 105 Å². The summed E-state index contributed by atoms with van der Waals surface area (Å²) >= 11 is 0. The van der Waals surface area contributed by atoms with Crippen LogP contribution in [0, 0.1) is 0 Å². The first-order valence-corrected chi connectivity index (χ1v) is 5.86. The van der Waals surface area contributed by atoms with Gasteiger partial charge in [-0.1, -0.05) is 37.3 Å². The first-order valence-electron chi connectivity index (χ1n) is 5.86. The summed E-state index contributed by atoms with van der Waals surface area (Å²) in [6, 6.07) is 9.19. The molecule has 5 nitrogen and oxygen atoms in total. The van der Waals surface area contributed by atoms with Gasteiger partial charge in [0.15, 0.2) is 6.04 Å². The predicted molar refractivity (Wildman–Crippen MR) is 65.6 cm³/mol. The highest BCUT2D eigenvalue weighted by Crippen LogP contribution is 2.12. The number of ether oxygens (including phenoxy) is 1. The molecule has 0 fully saturated rings. The van der Waals surface area contributed by atoms with E-state index in [0.29, 0.717) is 6.42 Å². The Balaban J connectivity index is 1.95. The molecule has 2 aromatic rings. The van der Waals surface area contributed by atoms with E-state index in [9.17, 15) is 4.79 Å². The van der Waals surface area contributed by atoms with Crippen molar-refractivity contribution >= 4 is 5.97 Å². The molecular formula is C13H15N3O2. The molecule has 0 bridgehead atoms. The summed E-state index contributed by atoms with van der Waals surface area (Å²) in [5.74, 6) is -0.285. The number of aromatic nitrogens is 3. The van der Waals surface area contributed by atoms with Crippen molar-refractivity contribution in [3.05, 3.63) is 48.5 Å². The molecule has 1 unspecified atom stereocenters. The van der Waals surface area contributed by atoms with Crippen LogP contribution in [0.3, 0.4) is 0 Å². The van der Waals surface area contributed by atoms with Gasteiger partial charge in [0.2, 0.25) is 0 Å². The van der Waals surface area contributed by atoms with Crippen molar-refractivity contribution in [3.8, 4) is 0 Å². The predicted octanol–water partition coefficient (Wildman–Crippen LogP) is 1.97. The van der Waals surface area contributed by atoms with Crippen LogP contribution in [0.2, 0.25) is 0 Å². The molecule has 0 spiro atoms. The maximum absolute atomic E-state index is 11.9. The zero-order valence-electron chi connectivity index (χ0n) is 10.2. The van der Waals surface area contributed by atoms with Crippen LogP contribution in [0.4, 0.5) is 0 Å². The quantitative estimate of drug-likeness (QED) is 0.756. The summed E-state index contributed by atoms with van der Waals surface area (Å²) in [6.45, 7) is 2.20. The highest BCUT2D eigenvalue weighted by atomic mass is 16.5. The number of carbonyl (C=O) groups excluding carboxylic acids is 1. The highest BCUT2D eigenvalue weighted by molar-refractivity contribution is 5.73. The van der Waals surface area contributed by atoms with Gasteiger partial charge in [0.25, 0.3) is 0 Å². The minimum atomic E-state index is -0.406. The number of hydrogen-bond acceptors (Lipinski definition) is 4. The third-order valence-corrected chi connectivity index (χ3v) is 2.64. The van der Waals surface area contributed by atoms with Crippen LogP contribution in [0.25, 0.3) is 0 Å². The topological polar surface area (TPSA) is 57.0 Å². The Bertz CT molecular complexity index is 482. The highest BCUT2D eigenvalue weighted by Gasteiger charge is 2.20. The first kappa shape index (κ1) is 12.3. The minimum Gasteiger partial charge on any atom is -0.459 e. The summed E-state index contributed by atoms with van der Waals surface area (Å²) in [5, 5.41) is 3.97. The summed E-state index contributed by atoms with van der Waals surface area (Å²) in [6.07, 6.45) is 3.56. The van der Waals surface area contributed by atoms with Crippen LogP contribution in [0.5, 0.6) is 0 Å². The number of nitrogens with zero attached hydrogens (tertiary/aromatic N) is 3. The Morgan fingerprint density at radius 2 is 2.17 bits per heavy atom. The summed E-state index contributed by atoms with van der Waals surface area (Å²) in [7, 11) is 0. The van der Waals surface area contributed by atoms with Crippen molar-refractivity contribution in [2.75, 3.05) is 0 Å². The fraction of sp³-hybridized carbons (Fsp3) is 0.308. The van der Waals surface area contributed by atoms with Crippen molar-refractivity contribution in [1.29, 1.82) is 0 Å². The van der Waals surface area contributed by atoms with Gasteiger partial charge >= 0.3 is 5.97 Å². The number of benzene rings is 1. The second-order valence-electron chi connectivity index (χ2n) is 3.89. The molecule has 18 heavy (non-hydrogen) atoms. The molecule has 0 aliphatic rings. The molecule has 5 heteroatoms. The van der Waals surface area contributed by atoms with Crippen molar-refractivity contribution < 1.29 is 9.53 Å². The third-order valence-electron chi connectivity index (χ3n) is 2.64. The van der Waals surface area contributed by atoms with E-state index in [-0.39, 0.29) is 12.6 Å². The number of esters is 1. The molecule has 0 saturated carbocycles. The number of carbonyl (C=O) groups is 1. The van der Waals surface area contributed by atoms with E-state index < -0.39 is 6.04 Å². The molecule has 0 amide bonds. The second-order valence-corrected chi connectivity index (χ2v) is 3.89. The van der Waals surface area contributed by atoms with E-state index in [4.69, 9.17) is 4.74 Å². The fourth-order valence-corrected chi connectivity index (χ4v) is 1.66. The number of rotatable bonds is 5. The van der Waals surface area contributed by atoms with Gasteiger partial charge in [0.05, 0.1) is 0 Å². The van der Waals surface area contributed by atoms with Crippen molar-refractivity contribution in [2.24, 2.45) is 0 Å². The Morgan fingerprint density at radius 1 is 1.39 bits per heavy atom. The van der Waals surface area contributed by atoms with E-state index in [1.165, 1.54) is 17.3 Å². The molecule has 0 aliphatic heterocycles. The van der Waals surface area contributed by atoms with Gasteiger partial charge in [-0.2, -0.15) is 5.10 Å². The molecule has 1 heterocycles. The normalized spacial score (nSPS) is 12.1. The van der Waals surface area contributed by atoms with E-state index >= 15 is 0 Å². The standard InChI is InChI=1S/C13H15N3O2/c1-2-12(16-10-14-9-15-16)13(17)18-8-11-6-4-3-5-7-11/h3-7,9-10,12H,2,8H2,1H3. The van der Waals surface area contributed by atoms with Gasteiger partial charge in [-0.25, -0.2) is 14.5 Å². The lowest BCUT2D eigenvalue weighted by Gasteiger charge is -2.13. The molecular weight excluding hydrogens is 230 g/mol. The molecule has 0 aliphatic carbocycles. The lowest BCUT2D eigenvalue weighted by molar-refractivity contribution is -0.149. The Hall–Kier alpha value is -2.17. The molecule has 1 aromatic heterocycles. The van der Waals surface area contributed by atoms with Gasteiger partial charge in [-0.15, -0.1) is 0 Å². The van der Waals surface area contributed by atoms with Crippen molar-refractivity contribution in [2.45, 2.75) is 26.0 Å². The maximum Gasteiger partial charge on any atom is 0.331 e. The number of hydrogen-bond donors (Lipinski definition) is 0. The van der Waals surface area contributed by atoms with Crippen molar-refractivity contribution in [1.82, 2.24) is 14.8 Å². The van der Waals surface area contributed by atoms with Gasteiger partial charge in [0, 0.05) is 0 Å². The van der Waals surface area contributed by atoms with Crippen LogP contribution >= 0.6 is 0 Å². The molecule has 1 aromatic carbocycles. The Morgan fingerprint density at radius 3 is 2.78 bits per heavy atom. The Kier molecular flexibility index (Phi) is 4.06. The van der Waals surface area contributed by atoms with Gasteiger partial charge < -0.3 is 4.74 Å². The van der Waals surface area contributed by atoms with Crippen LogP contribution < -0.4 is 0 Å². The lowest BCUT2D eigenvalue weighted by Crippen LogP contribution is -2.21. The molecule has 2 rings (SSSR count). The SMILES string of the molecule is CCC(C(=O)OCc1ccccc1)n1cncn1. The molecule has 0 N–H and O–H groups in total. The van der Waals surface area contributed by atoms with Gasteiger partial charge in [-0.05, 0) is 12.0 Å². The molecule has 0 radical (unpaired) electrons. The van der Waals surface area contributed by atoms with Crippen molar-refractivity contribution in [3.63, 3.8) is 0 Å². The summed E-state index contributed by atoms with van der Waals surface area (Å²) in [4.78, 5) is 15.8. The van der Waals surface area contributed by atoms with Crippen LogP contribution in [-0.4, -0.2) is 20.7 Å². The lowest BCUT2D eigenvalue weighted by atomic mass is 10.2. The zero-order valence-corrected chi connectivity index (χ0v) is 10.2. The average molecular weight is 245 g/mol. The zero-order chi connectivity index (χ0) is 12.8. The van der Waals surface area contributed by atoms with E-state index in [2.05, 4.69) is 10.1 Å². The molecule has 94 valence electrons. The van der Waals surface area contributed by atoms with E-state index in [0.717, 1.165) is 5.56 Å². The largest absolute Gasteiger partial charge is 0.459 e. The summed E-state index contributed by atoms with van der Waals surface area (Å²) in [5.41, 5.74) is 0.972. The molecule has 1 atom stereocenters. The smallest absolute Gasteiger partial charge is 0.331 e. The van der Waals surface area contributed by atoms with Gasteiger partial charge in [-0.3, -0.25) is 0 Å². The first-order chi connectivity index (χ1) is 8.81. The fourth-order valence-electron chi connectivity index (χ4n) is 1.66. The van der Waals surface area contributed by atoms with E-state index in [1.54, 1.807) is 0 Å². The monoisotopic (exact) mass is 245 g/mol. The van der Waals surface area contributed by atoms with Crippen LogP contribution in [0.15, 0.2) is 43.0 Å². The summed E-state index contributed by atoms with van der Waals surface area (Å²) < 4.78 is 6.80. The second kappa shape index (κ2) is 5.95. The maximum atomic E-state index is 11.9. The van der Waals surface area contributed by atoms with Crippen LogP contribution in [0.1, 0.15) is 24.9 Å². The van der Waals surface area contributed by atoms with Gasteiger partial charge in [0.1, 0.15) is 19.3 Å². The molecule has 0 saturated heterocycles. The third kappa shape index (κ3) is 2.94. The van der Waals surface area contributed by atoms with E-state index in [1.807, 2.05) is 37.3 Å². The van der Waals surface area contributed by atoms with Crippen LogP contribution in [-0.2, 0) is 16.1 Å². The minimum absolute atomic E-state index is 0.283. The average Bonchev–Trinajstić information content (AvgIpc) is 2.92.